The predicted octanol–water partition coefficient (Wildman–Crippen LogP) is 3.83. The normalized spacial score (nSPS) is 57.2. The molecule has 0 aliphatic heterocycles. The predicted molar refractivity (Wildman–Crippen MR) is 93.5 cm³/mol. The van der Waals surface area contributed by atoms with Gasteiger partial charge in [0.25, 0.3) is 0 Å². The molecule has 0 amide bonds. The van der Waals surface area contributed by atoms with E-state index in [1.807, 2.05) is 0 Å². The monoisotopic (exact) mass is 334 g/mol. The van der Waals surface area contributed by atoms with Crippen LogP contribution in [0.1, 0.15) is 65.7 Å². The van der Waals surface area contributed by atoms with Crippen molar-refractivity contribution in [2.24, 2.45) is 40.4 Å². The lowest BCUT2D eigenvalue weighted by atomic mass is 9.44. The summed E-state index contributed by atoms with van der Waals surface area (Å²) in [6, 6.07) is 0. The summed E-state index contributed by atoms with van der Waals surface area (Å²) in [5.41, 5.74) is 0.253. The van der Waals surface area contributed by atoms with Gasteiger partial charge in [0.05, 0.1) is 12.2 Å². The van der Waals surface area contributed by atoms with Crippen LogP contribution in [-0.2, 0) is 9.53 Å². The summed E-state index contributed by atoms with van der Waals surface area (Å²) in [6.07, 6.45) is 6.94. The summed E-state index contributed by atoms with van der Waals surface area (Å²) in [6.45, 7) is 7.09. The van der Waals surface area contributed by atoms with E-state index < -0.39 is 0 Å². The second-order valence-corrected chi connectivity index (χ2v) is 9.94. The Labute approximate surface area is 146 Å². The van der Waals surface area contributed by atoms with Crippen LogP contribution in [0.5, 0.6) is 0 Å². The van der Waals surface area contributed by atoms with Gasteiger partial charge in [0, 0.05) is 19.4 Å². The van der Waals surface area contributed by atoms with Gasteiger partial charge in [-0.15, -0.1) is 0 Å². The van der Waals surface area contributed by atoms with Crippen LogP contribution < -0.4 is 0 Å². The summed E-state index contributed by atoms with van der Waals surface area (Å²) in [4.78, 5) is 13.4. The van der Waals surface area contributed by atoms with Crippen LogP contribution in [0.15, 0.2) is 0 Å². The van der Waals surface area contributed by atoms with E-state index in [0.717, 1.165) is 25.2 Å². The van der Waals surface area contributed by atoms with E-state index in [9.17, 15) is 9.90 Å². The van der Waals surface area contributed by atoms with Crippen LogP contribution in [0.3, 0.4) is 0 Å². The minimum absolute atomic E-state index is 0.0209. The number of Topliss-reactive ketones (excluding diaryl/α,β-unsaturated/α-hetero) is 1. The van der Waals surface area contributed by atoms with Crippen LogP contribution in [0.2, 0.25) is 0 Å². The Kier molecular flexibility index (Phi) is 3.93. The third kappa shape index (κ3) is 2.13. The van der Waals surface area contributed by atoms with Gasteiger partial charge in [-0.3, -0.25) is 4.79 Å². The molecule has 9 atom stereocenters. The second-order valence-electron chi connectivity index (χ2n) is 9.94. The first-order valence-corrected chi connectivity index (χ1v) is 10.0. The van der Waals surface area contributed by atoms with Crippen molar-refractivity contribution in [2.75, 3.05) is 7.11 Å². The van der Waals surface area contributed by atoms with Crippen LogP contribution in [0, 0.1) is 40.4 Å². The van der Waals surface area contributed by atoms with Crippen molar-refractivity contribution < 1.29 is 14.6 Å². The third-order valence-electron chi connectivity index (χ3n) is 9.12. The van der Waals surface area contributed by atoms with E-state index in [0.29, 0.717) is 23.5 Å². The summed E-state index contributed by atoms with van der Waals surface area (Å²) in [5.74, 6) is 3.16. The zero-order chi connectivity index (χ0) is 17.3. The Bertz CT molecular complexity index is 531. The number of fused-ring (bicyclic) bond motifs is 5. The highest BCUT2D eigenvalue weighted by Crippen LogP contribution is 2.66. The number of hydrogen-bond donors (Lipinski definition) is 1. The number of methoxy groups -OCH3 is 1. The highest BCUT2D eigenvalue weighted by atomic mass is 16.5. The molecule has 0 radical (unpaired) electrons. The molecule has 0 aromatic carbocycles. The fraction of sp³-hybridized carbons (Fsp3) is 0.952. The Morgan fingerprint density at radius 1 is 1.12 bits per heavy atom. The van der Waals surface area contributed by atoms with Gasteiger partial charge in [0.1, 0.15) is 5.78 Å². The standard InChI is InChI=1S/C21H34O3/c1-12-5-8-15-14-7-6-13-9-16(22)18(24-4)11-21(13,3)19(14)17(23)10-20(12,15)2/h12-16,18-19,22H,5-11H2,1-4H3/t12-,13-,14-,15-,16-,18-,19+,20+,21-/m0/s1. The smallest absolute Gasteiger partial charge is 0.137 e. The maximum atomic E-state index is 13.4. The van der Waals surface area contributed by atoms with Crippen molar-refractivity contribution in [3.05, 3.63) is 0 Å². The average molecular weight is 335 g/mol. The molecule has 1 N–H and O–H groups in total. The van der Waals surface area contributed by atoms with Gasteiger partial charge in [-0.25, -0.2) is 0 Å². The zero-order valence-electron chi connectivity index (χ0n) is 15.8. The number of carbonyl (C=O) groups is 1. The quantitative estimate of drug-likeness (QED) is 0.793. The van der Waals surface area contributed by atoms with Gasteiger partial charge in [-0.2, -0.15) is 0 Å². The highest BCUT2D eigenvalue weighted by molar-refractivity contribution is 5.84. The van der Waals surface area contributed by atoms with Gasteiger partial charge in [0.2, 0.25) is 0 Å². The minimum Gasteiger partial charge on any atom is -0.390 e. The van der Waals surface area contributed by atoms with E-state index >= 15 is 0 Å². The van der Waals surface area contributed by atoms with Crippen molar-refractivity contribution in [1.82, 2.24) is 0 Å². The number of aliphatic hydroxyl groups excluding tert-OH is 1. The fourth-order valence-corrected chi connectivity index (χ4v) is 7.56. The Morgan fingerprint density at radius 3 is 2.58 bits per heavy atom. The summed E-state index contributed by atoms with van der Waals surface area (Å²) < 4.78 is 5.59. The SMILES string of the molecule is CO[C@H]1C[C@@]2(C)[C@@H](CC[C@H]3[C@@H]4CC[C@H](C)[C@@]4(C)CC(=O)[C@@H]32)C[C@@H]1O. The second kappa shape index (κ2) is 5.54. The molecule has 4 rings (SSSR count). The van der Waals surface area contributed by atoms with Gasteiger partial charge < -0.3 is 9.84 Å². The molecule has 3 nitrogen and oxygen atoms in total. The average Bonchev–Trinajstić information content (AvgIpc) is 2.82. The van der Waals surface area contributed by atoms with E-state index in [1.165, 1.54) is 25.7 Å². The maximum Gasteiger partial charge on any atom is 0.137 e. The number of ketones is 1. The summed E-state index contributed by atoms with van der Waals surface area (Å²) in [7, 11) is 1.70. The Morgan fingerprint density at radius 2 is 1.88 bits per heavy atom. The number of rotatable bonds is 1. The summed E-state index contributed by atoms with van der Waals surface area (Å²) in [5, 5.41) is 10.4. The number of ether oxygens (including phenoxy) is 1. The van der Waals surface area contributed by atoms with Crippen LogP contribution in [-0.4, -0.2) is 30.2 Å². The molecular weight excluding hydrogens is 300 g/mol. The van der Waals surface area contributed by atoms with Crippen molar-refractivity contribution in [3.63, 3.8) is 0 Å². The van der Waals surface area contributed by atoms with Crippen molar-refractivity contribution in [3.8, 4) is 0 Å². The van der Waals surface area contributed by atoms with E-state index in [4.69, 9.17) is 4.74 Å². The first-order chi connectivity index (χ1) is 11.3. The molecule has 0 heterocycles. The third-order valence-corrected chi connectivity index (χ3v) is 9.12. The molecule has 0 saturated heterocycles. The van der Waals surface area contributed by atoms with Crippen molar-refractivity contribution in [1.29, 1.82) is 0 Å². The fourth-order valence-electron chi connectivity index (χ4n) is 7.56. The van der Waals surface area contributed by atoms with Gasteiger partial charge in [0.15, 0.2) is 0 Å². The molecule has 24 heavy (non-hydrogen) atoms. The molecule has 3 heteroatoms. The van der Waals surface area contributed by atoms with Crippen LogP contribution >= 0.6 is 0 Å². The molecule has 136 valence electrons. The van der Waals surface area contributed by atoms with Crippen molar-refractivity contribution >= 4 is 5.78 Å². The highest BCUT2D eigenvalue weighted by Gasteiger charge is 2.63. The molecule has 0 spiro atoms. The number of hydrogen-bond acceptors (Lipinski definition) is 3. The lowest BCUT2D eigenvalue weighted by Gasteiger charge is -2.60. The first-order valence-electron chi connectivity index (χ1n) is 10.0. The Balaban J connectivity index is 1.69. The molecule has 0 aromatic heterocycles. The largest absolute Gasteiger partial charge is 0.390 e. The molecule has 0 bridgehead atoms. The molecule has 0 unspecified atom stereocenters. The minimum atomic E-state index is -0.361. The molecule has 4 fully saturated rings. The zero-order valence-corrected chi connectivity index (χ0v) is 15.8. The summed E-state index contributed by atoms with van der Waals surface area (Å²) >= 11 is 0. The lowest BCUT2D eigenvalue weighted by Crippen LogP contribution is -2.59. The van der Waals surface area contributed by atoms with Gasteiger partial charge >= 0.3 is 0 Å². The van der Waals surface area contributed by atoms with Crippen molar-refractivity contribution in [2.45, 2.75) is 77.9 Å². The molecule has 0 aromatic rings. The molecular formula is C21H34O3. The van der Waals surface area contributed by atoms with Gasteiger partial charge in [-0.05, 0) is 73.0 Å². The van der Waals surface area contributed by atoms with Gasteiger partial charge in [-0.1, -0.05) is 20.8 Å². The van der Waals surface area contributed by atoms with Crippen LogP contribution in [0.4, 0.5) is 0 Å². The molecule has 4 saturated carbocycles. The topological polar surface area (TPSA) is 46.5 Å². The van der Waals surface area contributed by atoms with Crippen LogP contribution in [0.25, 0.3) is 0 Å². The Hall–Kier alpha value is -0.410. The van der Waals surface area contributed by atoms with E-state index in [-0.39, 0.29) is 29.0 Å². The van der Waals surface area contributed by atoms with E-state index in [2.05, 4.69) is 20.8 Å². The molecule has 4 aliphatic carbocycles. The lowest BCUT2D eigenvalue weighted by molar-refractivity contribution is -0.176. The number of aliphatic hydroxyl groups is 1. The molecule has 4 aliphatic rings. The number of carbonyl (C=O) groups excluding carboxylic acids is 1. The first kappa shape index (κ1) is 17.0. The van der Waals surface area contributed by atoms with E-state index in [1.54, 1.807) is 7.11 Å². The maximum absolute atomic E-state index is 13.4.